The monoisotopic (exact) mass is 199 g/mol. The maximum atomic E-state index is 5.41. The normalized spacial score (nSPS) is 13.1. The van der Waals surface area contributed by atoms with Gasteiger partial charge in [-0.1, -0.05) is 26.8 Å². The number of nitrogens with one attached hydrogen (secondary N) is 1. The third kappa shape index (κ3) is 7.10. The summed E-state index contributed by atoms with van der Waals surface area (Å²) < 4.78 is 5.41. The van der Waals surface area contributed by atoms with Gasteiger partial charge in [0.15, 0.2) is 0 Å². The van der Waals surface area contributed by atoms with Crippen LogP contribution in [0.5, 0.6) is 0 Å². The van der Waals surface area contributed by atoms with Gasteiger partial charge in [0.25, 0.3) is 0 Å². The lowest BCUT2D eigenvalue weighted by Crippen LogP contribution is -2.35. The lowest BCUT2D eigenvalue weighted by Gasteiger charge is -2.20. The molecule has 0 fully saturated rings. The van der Waals surface area contributed by atoms with Gasteiger partial charge in [0, 0.05) is 12.6 Å². The molecule has 2 nitrogen and oxygen atoms in total. The highest BCUT2D eigenvalue weighted by molar-refractivity contribution is 4.68. The van der Waals surface area contributed by atoms with Crippen molar-refractivity contribution in [2.45, 2.75) is 39.7 Å². The summed E-state index contributed by atoms with van der Waals surface area (Å²) in [5.41, 5.74) is 0. The van der Waals surface area contributed by atoms with Crippen LogP contribution in [0, 0.1) is 5.92 Å². The molecule has 84 valence electrons. The van der Waals surface area contributed by atoms with E-state index in [4.69, 9.17) is 4.74 Å². The van der Waals surface area contributed by atoms with E-state index in [1.54, 1.807) is 0 Å². The van der Waals surface area contributed by atoms with Crippen molar-refractivity contribution in [3.63, 3.8) is 0 Å². The van der Waals surface area contributed by atoms with Crippen molar-refractivity contribution >= 4 is 0 Å². The van der Waals surface area contributed by atoms with Gasteiger partial charge in [-0.05, 0) is 18.8 Å². The van der Waals surface area contributed by atoms with Crippen molar-refractivity contribution in [1.29, 1.82) is 0 Å². The first-order chi connectivity index (χ1) is 6.72. The minimum absolute atomic E-state index is 0.623. The zero-order valence-electron chi connectivity index (χ0n) is 9.88. The average molecular weight is 199 g/mol. The van der Waals surface area contributed by atoms with Crippen LogP contribution in [0.1, 0.15) is 33.6 Å². The molecule has 0 saturated carbocycles. The third-order valence-electron chi connectivity index (χ3n) is 2.36. The lowest BCUT2D eigenvalue weighted by atomic mass is 10.0. The van der Waals surface area contributed by atoms with Crippen molar-refractivity contribution in [2.75, 3.05) is 19.8 Å². The number of rotatable bonds is 9. The Kier molecular flexibility index (Phi) is 9.00. The van der Waals surface area contributed by atoms with Crippen LogP contribution in [0.4, 0.5) is 0 Å². The van der Waals surface area contributed by atoms with Gasteiger partial charge in [-0.2, -0.15) is 0 Å². The van der Waals surface area contributed by atoms with E-state index in [0.717, 1.165) is 26.2 Å². The second-order valence-corrected chi connectivity index (χ2v) is 3.90. The first-order valence-electron chi connectivity index (χ1n) is 5.64. The standard InChI is InChI=1S/C12H25NO/c1-5-7-9-14-10-8-13-12(6-2)11(3)4/h5,11-13H,1,6-10H2,2-4H3. The van der Waals surface area contributed by atoms with Crippen LogP contribution >= 0.6 is 0 Å². The maximum Gasteiger partial charge on any atom is 0.0591 e. The largest absolute Gasteiger partial charge is 0.380 e. The van der Waals surface area contributed by atoms with E-state index in [9.17, 15) is 0 Å². The summed E-state index contributed by atoms with van der Waals surface area (Å²) in [5, 5.41) is 3.49. The van der Waals surface area contributed by atoms with Crippen LogP contribution < -0.4 is 5.32 Å². The van der Waals surface area contributed by atoms with Crippen LogP contribution in [-0.2, 0) is 4.74 Å². The fourth-order valence-electron chi connectivity index (χ4n) is 1.44. The van der Waals surface area contributed by atoms with Crippen molar-refractivity contribution < 1.29 is 4.74 Å². The van der Waals surface area contributed by atoms with Crippen LogP contribution in [0.3, 0.4) is 0 Å². The SMILES string of the molecule is C=CCCOCCNC(CC)C(C)C. The van der Waals surface area contributed by atoms with Gasteiger partial charge in [0.1, 0.15) is 0 Å². The fraction of sp³-hybridized carbons (Fsp3) is 0.833. The molecule has 0 heterocycles. The molecule has 0 aromatic rings. The van der Waals surface area contributed by atoms with Gasteiger partial charge in [-0.25, -0.2) is 0 Å². The van der Waals surface area contributed by atoms with Gasteiger partial charge < -0.3 is 10.1 Å². The van der Waals surface area contributed by atoms with Gasteiger partial charge in [-0.3, -0.25) is 0 Å². The molecule has 0 bridgehead atoms. The highest BCUT2D eigenvalue weighted by Gasteiger charge is 2.08. The molecule has 0 spiro atoms. The van der Waals surface area contributed by atoms with Crippen LogP contribution in [-0.4, -0.2) is 25.8 Å². The van der Waals surface area contributed by atoms with Gasteiger partial charge >= 0.3 is 0 Å². The molecule has 1 N–H and O–H groups in total. The molecular weight excluding hydrogens is 174 g/mol. The van der Waals surface area contributed by atoms with Crippen LogP contribution in [0.2, 0.25) is 0 Å². The number of hydrogen-bond donors (Lipinski definition) is 1. The highest BCUT2D eigenvalue weighted by Crippen LogP contribution is 2.04. The van der Waals surface area contributed by atoms with Crippen molar-refractivity contribution in [2.24, 2.45) is 5.92 Å². The minimum atomic E-state index is 0.623. The smallest absolute Gasteiger partial charge is 0.0591 e. The van der Waals surface area contributed by atoms with Gasteiger partial charge in [-0.15, -0.1) is 6.58 Å². The Morgan fingerprint density at radius 2 is 2.07 bits per heavy atom. The van der Waals surface area contributed by atoms with E-state index < -0.39 is 0 Å². The molecule has 0 rings (SSSR count). The summed E-state index contributed by atoms with van der Waals surface area (Å²) in [6.45, 7) is 12.9. The molecule has 0 aliphatic carbocycles. The molecular formula is C12H25NO. The van der Waals surface area contributed by atoms with E-state index in [2.05, 4.69) is 32.7 Å². The average Bonchev–Trinajstić information content (AvgIpc) is 2.16. The molecule has 0 aromatic carbocycles. The predicted octanol–water partition coefficient (Wildman–Crippen LogP) is 2.60. The van der Waals surface area contributed by atoms with Crippen LogP contribution in [0.25, 0.3) is 0 Å². The Morgan fingerprint density at radius 1 is 1.36 bits per heavy atom. The molecule has 1 unspecified atom stereocenters. The van der Waals surface area contributed by atoms with Crippen molar-refractivity contribution in [3.05, 3.63) is 12.7 Å². The molecule has 1 atom stereocenters. The first-order valence-corrected chi connectivity index (χ1v) is 5.64. The van der Waals surface area contributed by atoms with E-state index >= 15 is 0 Å². The van der Waals surface area contributed by atoms with Crippen LogP contribution in [0.15, 0.2) is 12.7 Å². The Hall–Kier alpha value is -0.340. The predicted molar refractivity (Wildman–Crippen MR) is 62.6 cm³/mol. The van der Waals surface area contributed by atoms with E-state index in [1.807, 2.05) is 6.08 Å². The fourth-order valence-corrected chi connectivity index (χ4v) is 1.44. The Labute approximate surface area is 88.7 Å². The van der Waals surface area contributed by atoms with Crippen molar-refractivity contribution in [1.82, 2.24) is 5.32 Å². The topological polar surface area (TPSA) is 21.3 Å². The zero-order valence-corrected chi connectivity index (χ0v) is 9.88. The summed E-state index contributed by atoms with van der Waals surface area (Å²) in [6.07, 6.45) is 4.02. The number of hydrogen-bond acceptors (Lipinski definition) is 2. The molecule has 0 aromatic heterocycles. The summed E-state index contributed by atoms with van der Waals surface area (Å²) in [4.78, 5) is 0. The Bertz CT molecular complexity index is 134. The molecule has 0 saturated heterocycles. The van der Waals surface area contributed by atoms with Gasteiger partial charge in [0.05, 0.1) is 13.2 Å². The second-order valence-electron chi connectivity index (χ2n) is 3.90. The Balaban J connectivity index is 3.28. The zero-order chi connectivity index (χ0) is 10.8. The van der Waals surface area contributed by atoms with Crippen molar-refractivity contribution in [3.8, 4) is 0 Å². The molecule has 0 aliphatic rings. The molecule has 2 heteroatoms. The summed E-state index contributed by atoms with van der Waals surface area (Å²) in [6, 6.07) is 0.623. The summed E-state index contributed by atoms with van der Waals surface area (Å²) in [5.74, 6) is 0.702. The Morgan fingerprint density at radius 3 is 2.57 bits per heavy atom. The number of ether oxygens (including phenoxy) is 1. The minimum Gasteiger partial charge on any atom is -0.380 e. The molecule has 0 radical (unpaired) electrons. The lowest BCUT2D eigenvalue weighted by molar-refractivity contribution is 0.136. The highest BCUT2D eigenvalue weighted by atomic mass is 16.5. The molecule has 14 heavy (non-hydrogen) atoms. The molecule has 0 amide bonds. The van der Waals surface area contributed by atoms with E-state index in [1.165, 1.54) is 6.42 Å². The first kappa shape index (κ1) is 13.7. The molecule has 0 aliphatic heterocycles. The second kappa shape index (κ2) is 9.22. The quantitative estimate of drug-likeness (QED) is 0.455. The van der Waals surface area contributed by atoms with Gasteiger partial charge in [0.2, 0.25) is 0 Å². The van der Waals surface area contributed by atoms with E-state index in [0.29, 0.717) is 12.0 Å². The maximum absolute atomic E-state index is 5.41. The summed E-state index contributed by atoms with van der Waals surface area (Å²) in [7, 11) is 0. The summed E-state index contributed by atoms with van der Waals surface area (Å²) >= 11 is 0. The third-order valence-corrected chi connectivity index (χ3v) is 2.36. The van der Waals surface area contributed by atoms with E-state index in [-0.39, 0.29) is 0 Å².